The third-order valence-corrected chi connectivity index (χ3v) is 4.46. The first-order chi connectivity index (χ1) is 8.91. The minimum Gasteiger partial charge on any atom is -0.311 e. The van der Waals surface area contributed by atoms with E-state index in [1.165, 1.54) is 31.2 Å². The molecule has 1 aliphatic carbocycles. The van der Waals surface area contributed by atoms with E-state index in [9.17, 15) is 0 Å². The minimum atomic E-state index is 0.179. The third kappa shape index (κ3) is 3.79. The fourth-order valence-corrected chi connectivity index (χ4v) is 2.99. The van der Waals surface area contributed by atoms with Crippen molar-refractivity contribution in [1.29, 1.82) is 0 Å². The van der Waals surface area contributed by atoms with E-state index in [0.29, 0.717) is 0 Å². The molecule has 1 heterocycles. The molecule has 0 aliphatic heterocycles. The quantitative estimate of drug-likeness (QED) is 0.891. The maximum atomic E-state index is 4.34. The van der Waals surface area contributed by atoms with Crippen LogP contribution < -0.4 is 5.32 Å². The Hall–Kier alpha value is -0.890. The van der Waals surface area contributed by atoms with Gasteiger partial charge in [-0.25, -0.2) is 0 Å². The molecule has 1 fully saturated rings. The highest BCUT2D eigenvalue weighted by atomic mass is 15.0. The molecule has 0 spiro atoms. The van der Waals surface area contributed by atoms with E-state index in [0.717, 1.165) is 12.5 Å². The van der Waals surface area contributed by atoms with Gasteiger partial charge in [0.15, 0.2) is 0 Å². The number of hydrogen-bond acceptors (Lipinski definition) is 2. The van der Waals surface area contributed by atoms with Crippen molar-refractivity contribution in [2.75, 3.05) is 6.54 Å². The van der Waals surface area contributed by atoms with E-state index in [1.54, 1.807) is 0 Å². The Morgan fingerprint density at radius 2 is 2.00 bits per heavy atom. The Balaban J connectivity index is 2.19. The summed E-state index contributed by atoms with van der Waals surface area (Å²) in [6.45, 7) is 10.2. The average molecular weight is 260 g/mol. The summed E-state index contributed by atoms with van der Waals surface area (Å²) in [6.07, 6.45) is 9.17. The van der Waals surface area contributed by atoms with Crippen molar-refractivity contribution in [3.63, 3.8) is 0 Å². The fourth-order valence-electron chi connectivity index (χ4n) is 2.99. The van der Waals surface area contributed by atoms with Crippen LogP contribution in [0.25, 0.3) is 0 Å². The van der Waals surface area contributed by atoms with Crippen LogP contribution in [-0.2, 0) is 5.41 Å². The third-order valence-electron chi connectivity index (χ3n) is 4.46. The molecule has 0 unspecified atom stereocenters. The number of nitrogens with one attached hydrogen (secondary N) is 1. The van der Waals surface area contributed by atoms with Crippen molar-refractivity contribution < 1.29 is 0 Å². The zero-order chi connectivity index (χ0) is 13.9. The van der Waals surface area contributed by atoms with Crippen molar-refractivity contribution in [1.82, 2.24) is 10.3 Å². The summed E-state index contributed by atoms with van der Waals surface area (Å²) in [4.78, 5) is 4.34. The molecule has 1 saturated carbocycles. The van der Waals surface area contributed by atoms with Gasteiger partial charge in [0.1, 0.15) is 0 Å². The maximum absolute atomic E-state index is 4.34. The Morgan fingerprint density at radius 1 is 1.32 bits per heavy atom. The van der Waals surface area contributed by atoms with E-state index < -0.39 is 0 Å². The van der Waals surface area contributed by atoms with Gasteiger partial charge >= 0.3 is 0 Å². The molecule has 1 aliphatic rings. The van der Waals surface area contributed by atoms with Crippen LogP contribution in [0.3, 0.4) is 0 Å². The van der Waals surface area contributed by atoms with Gasteiger partial charge in [-0.3, -0.25) is 4.98 Å². The molecule has 19 heavy (non-hydrogen) atoms. The molecule has 1 aromatic heterocycles. The largest absolute Gasteiger partial charge is 0.311 e. The molecule has 0 radical (unpaired) electrons. The van der Waals surface area contributed by atoms with Crippen LogP contribution in [0.4, 0.5) is 0 Å². The molecule has 0 aromatic carbocycles. The molecular formula is C17H28N2. The molecule has 0 bridgehead atoms. The summed E-state index contributed by atoms with van der Waals surface area (Å²) in [5.74, 6) is 0.874. The molecule has 0 saturated heterocycles. The normalized spacial score (nSPS) is 28.3. The van der Waals surface area contributed by atoms with Crippen molar-refractivity contribution in [3.05, 3.63) is 30.1 Å². The first kappa shape index (κ1) is 14.5. The van der Waals surface area contributed by atoms with E-state index in [1.807, 2.05) is 6.20 Å². The lowest BCUT2D eigenvalue weighted by atomic mass is 9.67. The Kier molecular flexibility index (Phi) is 4.29. The fraction of sp³-hybridized carbons (Fsp3) is 0.706. The minimum absolute atomic E-state index is 0.179. The van der Waals surface area contributed by atoms with Gasteiger partial charge in [-0.15, -0.1) is 0 Å². The summed E-state index contributed by atoms with van der Waals surface area (Å²) in [5, 5.41) is 3.72. The summed E-state index contributed by atoms with van der Waals surface area (Å²) in [7, 11) is 0. The SMILES string of the molecule is CC1CCC(CNC(C)(C)C)(c2cccnc2)CC1. The number of aromatic nitrogens is 1. The molecule has 2 nitrogen and oxygen atoms in total. The number of nitrogens with zero attached hydrogens (tertiary/aromatic N) is 1. The van der Waals surface area contributed by atoms with Gasteiger partial charge in [0, 0.05) is 29.9 Å². The number of pyridine rings is 1. The molecule has 106 valence electrons. The highest BCUT2D eigenvalue weighted by Crippen LogP contribution is 2.41. The van der Waals surface area contributed by atoms with Gasteiger partial charge in [-0.1, -0.05) is 13.0 Å². The first-order valence-electron chi connectivity index (χ1n) is 7.57. The van der Waals surface area contributed by atoms with Crippen molar-refractivity contribution in [2.24, 2.45) is 5.92 Å². The van der Waals surface area contributed by atoms with E-state index in [2.05, 4.69) is 56.3 Å². The van der Waals surface area contributed by atoms with Crippen molar-refractivity contribution >= 4 is 0 Å². The summed E-state index contributed by atoms with van der Waals surface area (Å²) >= 11 is 0. The van der Waals surface area contributed by atoms with Crippen LogP contribution in [0, 0.1) is 5.92 Å². The van der Waals surface area contributed by atoms with Crippen molar-refractivity contribution in [3.8, 4) is 0 Å². The van der Waals surface area contributed by atoms with Crippen molar-refractivity contribution in [2.45, 2.75) is 64.3 Å². The predicted molar refractivity (Wildman–Crippen MR) is 81.3 cm³/mol. The molecule has 2 heteroatoms. The zero-order valence-corrected chi connectivity index (χ0v) is 12.9. The topological polar surface area (TPSA) is 24.9 Å². The lowest BCUT2D eigenvalue weighted by Crippen LogP contribution is -2.47. The van der Waals surface area contributed by atoms with E-state index in [4.69, 9.17) is 0 Å². The molecule has 0 amide bonds. The van der Waals surface area contributed by atoms with Crippen LogP contribution in [0.2, 0.25) is 0 Å². The summed E-state index contributed by atoms with van der Waals surface area (Å²) in [5.41, 5.74) is 1.88. The van der Waals surface area contributed by atoms with Crippen LogP contribution in [0.1, 0.15) is 58.9 Å². The van der Waals surface area contributed by atoms with Gasteiger partial charge < -0.3 is 5.32 Å². The lowest BCUT2D eigenvalue weighted by Gasteiger charge is -2.41. The van der Waals surface area contributed by atoms with Gasteiger partial charge in [-0.05, 0) is 64.0 Å². The number of hydrogen-bond donors (Lipinski definition) is 1. The summed E-state index contributed by atoms with van der Waals surface area (Å²) in [6, 6.07) is 4.33. The van der Waals surface area contributed by atoms with E-state index in [-0.39, 0.29) is 11.0 Å². The summed E-state index contributed by atoms with van der Waals surface area (Å²) < 4.78 is 0. The highest BCUT2D eigenvalue weighted by molar-refractivity contribution is 5.23. The Morgan fingerprint density at radius 3 is 2.53 bits per heavy atom. The van der Waals surface area contributed by atoms with E-state index >= 15 is 0 Å². The van der Waals surface area contributed by atoms with Gasteiger partial charge in [0.25, 0.3) is 0 Å². The molecule has 1 aromatic rings. The zero-order valence-electron chi connectivity index (χ0n) is 12.9. The average Bonchev–Trinajstić information content (AvgIpc) is 2.39. The van der Waals surface area contributed by atoms with Gasteiger partial charge in [0.2, 0.25) is 0 Å². The highest BCUT2D eigenvalue weighted by Gasteiger charge is 2.36. The molecule has 1 N–H and O–H groups in total. The smallest absolute Gasteiger partial charge is 0.0306 e. The Bertz CT molecular complexity index is 383. The predicted octanol–water partition coefficient (Wildman–Crippen LogP) is 3.92. The monoisotopic (exact) mass is 260 g/mol. The van der Waals surface area contributed by atoms with Crippen LogP contribution in [0.5, 0.6) is 0 Å². The lowest BCUT2D eigenvalue weighted by molar-refractivity contribution is 0.217. The second kappa shape index (κ2) is 5.62. The van der Waals surface area contributed by atoms with Crippen LogP contribution >= 0.6 is 0 Å². The first-order valence-corrected chi connectivity index (χ1v) is 7.57. The Labute approximate surface area is 118 Å². The van der Waals surface area contributed by atoms with Gasteiger partial charge in [-0.2, -0.15) is 0 Å². The van der Waals surface area contributed by atoms with Crippen LogP contribution in [0.15, 0.2) is 24.5 Å². The second-order valence-electron chi connectivity index (χ2n) is 7.31. The van der Waals surface area contributed by atoms with Gasteiger partial charge in [0.05, 0.1) is 0 Å². The molecule has 0 atom stereocenters. The molecule has 2 rings (SSSR count). The number of rotatable bonds is 3. The van der Waals surface area contributed by atoms with Crippen LogP contribution in [-0.4, -0.2) is 17.1 Å². The maximum Gasteiger partial charge on any atom is 0.0306 e. The second-order valence-corrected chi connectivity index (χ2v) is 7.31. The molecular weight excluding hydrogens is 232 g/mol. The standard InChI is InChI=1S/C17H28N2/c1-14-7-9-17(10-8-14,13-19-16(2,3)4)15-6-5-11-18-12-15/h5-6,11-12,14,19H,7-10,13H2,1-4H3.